The third-order valence-electron chi connectivity index (χ3n) is 2.29. The van der Waals surface area contributed by atoms with Crippen LogP contribution in [0.2, 0.25) is 0 Å². The van der Waals surface area contributed by atoms with Crippen LogP contribution in [0.4, 0.5) is 4.79 Å². The molecule has 3 N–H and O–H groups in total. The van der Waals surface area contributed by atoms with Crippen LogP contribution in [0.25, 0.3) is 0 Å². The molecule has 6 nitrogen and oxygen atoms in total. The molecule has 1 heterocycles. The predicted octanol–water partition coefficient (Wildman–Crippen LogP) is 1.69. The van der Waals surface area contributed by atoms with E-state index in [4.69, 9.17) is 5.11 Å². The van der Waals surface area contributed by atoms with Gasteiger partial charge in [-0.2, -0.15) is 0 Å². The molecule has 1 unspecified atom stereocenters. The first-order valence-corrected chi connectivity index (χ1v) is 7.82. The van der Waals surface area contributed by atoms with Gasteiger partial charge in [0, 0.05) is 5.75 Å². The molecule has 0 aliphatic carbocycles. The molecular weight excluding hydrogens is 298 g/mol. The SMILES string of the molecule is O=C(O)CSC1N=C(SCc2ccccc2)NC(=O)N1. The topological polar surface area (TPSA) is 90.8 Å². The molecule has 1 atom stereocenters. The number of urea groups is 1. The molecule has 0 fully saturated rings. The molecule has 1 aromatic carbocycles. The van der Waals surface area contributed by atoms with E-state index in [0.29, 0.717) is 10.9 Å². The van der Waals surface area contributed by atoms with Crippen molar-refractivity contribution in [3.05, 3.63) is 35.9 Å². The second-order valence-corrected chi connectivity index (χ2v) is 5.90. The standard InChI is InChI=1S/C12H13N3O3S2/c16-9(17)7-20-12-14-10(18)13-11(15-12)19-6-8-4-2-1-3-5-8/h1-5,12H,6-7H2,(H,16,17)(H2,13,14,15,18). The molecule has 2 rings (SSSR count). The highest BCUT2D eigenvalue weighted by atomic mass is 32.2. The van der Waals surface area contributed by atoms with Crippen molar-refractivity contribution in [2.75, 3.05) is 5.75 Å². The summed E-state index contributed by atoms with van der Waals surface area (Å²) in [6.45, 7) is 0. The number of aliphatic imine (C=N–C) groups is 1. The molecular formula is C12H13N3O3S2. The lowest BCUT2D eigenvalue weighted by Crippen LogP contribution is -2.47. The number of carbonyl (C=O) groups excluding carboxylic acids is 1. The monoisotopic (exact) mass is 311 g/mol. The molecule has 1 aliphatic rings. The van der Waals surface area contributed by atoms with Gasteiger partial charge >= 0.3 is 12.0 Å². The van der Waals surface area contributed by atoms with E-state index in [1.807, 2.05) is 30.3 Å². The zero-order valence-corrected chi connectivity index (χ0v) is 12.0. The van der Waals surface area contributed by atoms with Crippen molar-refractivity contribution >= 4 is 40.7 Å². The Morgan fingerprint density at radius 1 is 1.35 bits per heavy atom. The van der Waals surface area contributed by atoms with Crippen LogP contribution in [-0.4, -0.2) is 33.5 Å². The fourth-order valence-electron chi connectivity index (χ4n) is 1.44. The average Bonchev–Trinajstić information content (AvgIpc) is 2.44. The number of nitrogens with zero attached hydrogens (tertiary/aromatic N) is 1. The highest BCUT2D eigenvalue weighted by molar-refractivity contribution is 8.13. The summed E-state index contributed by atoms with van der Waals surface area (Å²) in [5.74, 6) is -0.349. The molecule has 20 heavy (non-hydrogen) atoms. The van der Waals surface area contributed by atoms with Gasteiger partial charge in [-0.1, -0.05) is 42.1 Å². The number of aliphatic carboxylic acids is 1. The minimum atomic E-state index is -0.934. The maximum atomic E-state index is 11.5. The molecule has 0 radical (unpaired) electrons. The van der Waals surface area contributed by atoms with Gasteiger partial charge in [-0.25, -0.2) is 9.79 Å². The van der Waals surface area contributed by atoms with Crippen LogP contribution in [0.5, 0.6) is 0 Å². The number of hydrogen-bond donors (Lipinski definition) is 3. The lowest BCUT2D eigenvalue weighted by molar-refractivity contribution is -0.133. The second-order valence-electron chi connectivity index (χ2n) is 3.86. The van der Waals surface area contributed by atoms with Gasteiger partial charge in [-0.15, -0.1) is 11.8 Å². The Balaban J connectivity index is 1.91. The van der Waals surface area contributed by atoms with Crippen molar-refractivity contribution in [1.29, 1.82) is 0 Å². The van der Waals surface area contributed by atoms with Crippen LogP contribution >= 0.6 is 23.5 Å². The van der Waals surface area contributed by atoms with Gasteiger partial charge in [-0.05, 0) is 5.56 Å². The van der Waals surface area contributed by atoms with Crippen molar-refractivity contribution in [3.8, 4) is 0 Å². The van der Waals surface area contributed by atoms with Crippen LogP contribution in [0.3, 0.4) is 0 Å². The number of nitrogens with one attached hydrogen (secondary N) is 2. The first-order chi connectivity index (χ1) is 9.63. The highest BCUT2D eigenvalue weighted by Gasteiger charge is 2.20. The lowest BCUT2D eigenvalue weighted by Gasteiger charge is -2.21. The Kier molecular flexibility index (Phi) is 5.31. The Morgan fingerprint density at radius 2 is 2.10 bits per heavy atom. The normalized spacial score (nSPS) is 17.9. The second kappa shape index (κ2) is 7.20. The number of hydrogen-bond acceptors (Lipinski definition) is 5. The number of thioether (sulfide) groups is 2. The van der Waals surface area contributed by atoms with E-state index in [0.717, 1.165) is 17.3 Å². The summed E-state index contributed by atoms with van der Waals surface area (Å²) in [4.78, 5) is 26.2. The number of amides is 2. The molecule has 0 aromatic heterocycles. The molecule has 2 amide bonds. The van der Waals surface area contributed by atoms with Gasteiger partial charge in [0.15, 0.2) is 10.7 Å². The number of benzene rings is 1. The molecule has 1 aromatic rings. The molecule has 8 heteroatoms. The largest absolute Gasteiger partial charge is 0.481 e. The van der Waals surface area contributed by atoms with Gasteiger partial charge in [0.2, 0.25) is 0 Å². The van der Waals surface area contributed by atoms with E-state index in [1.165, 1.54) is 11.8 Å². The summed E-state index contributed by atoms with van der Waals surface area (Å²) >= 11 is 2.47. The minimum absolute atomic E-state index is 0.106. The maximum absolute atomic E-state index is 11.5. The van der Waals surface area contributed by atoms with E-state index < -0.39 is 11.5 Å². The van der Waals surface area contributed by atoms with Gasteiger partial charge in [-0.3, -0.25) is 10.1 Å². The Morgan fingerprint density at radius 3 is 2.80 bits per heavy atom. The van der Waals surface area contributed by atoms with E-state index in [-0.39, 0.29) is 11.8 Å². The Bertz CT molecular complexity index is 522. The van der Waals surface area contributed by atoms with Gasteiger partial charge in [0.05, 0.1) is 5.75 Å². The fourth-order valence-corrected chi connectivity index (χ4v) is 3.02. The van der Waals surface area contributed by atoms with Crippen molar-refractivity contribution in [2.45, 2.75) is 11.3 Å². The van der Waals surface area contributed by atoms with E-state index in [2.05, 4.69) is 15.6 Å². The number of carboxylic acid groups (broad SMARTS) is 1. The summed E-state index contributed by atoms with van der Waals surface area (Å²) < 4.78 is 0. The smallest absolute Gasteiger partial charge is 0.323 e. The Hall–Kier alpha value is -1.67. The van der Waals surface area contributed by atoms with Crippen LogP contribution in [0.1, 0.15) is 5.56 Å². The summed E-state index contributed by atoms with van der Waals surface area (Å²) in [5.41, 5.74) is 0.570. The summed E-state index contributed by atoms with van der Waals surface area (Å²) in [6.07, 6.45) is 0. The average molecular weight is 311 g/mol. The van der Waals surface area contributed by atoms with Crippen LogP contribution in [0, 0.1) is 0 Å². The molecule has 1 aliphatic heterocycles. The van der Waals surface area contributed by atoms with Crippen molar-refractivity contribution in [1.82, 2.24) is 10.6 Å². The van der Waals surface area contributed by atoms with E-state index in [9.17, 15) is 9.59 Å². The molecule has 0 spiro atoms. The third-order valence-corrected chi connectivity index (χ3v) is 4.20. The number of carbonyl (C=O) groups is 2. The van der Waals surface area contributed by atoms with E-state index in [1.54, 1.807) is 0 Å². The van der Waals surface area contributed by atoms with Crippen molar-refractivity contribution < 1.29 is 14.7 Å². The third kappa shape index (κ3) is 4.78. The molecule has 106 valence electrons. The minimum Gasteiger partial charge on any atom is -0.481 e. The van der Waals surface area contributed by atoms with Crippen molar-refractivity contribution in [2.24, 2.45) is 4.99 Å². The zero-order chi connectivity index (χ0) is 14.4. The summed E-state index contributed by atoms with van der Waals surface area (Å²) in [6, 6.07) is 9.46. The zero-order valence-electron chi connectivity index (χ0n) is 10.4. The summed E-state index contributed by atoms with van der Waals surface area (Å²) in [7, 11) is 0. The van der Waals surface area contributed by atoms with Crippen molar-refractivity contribution in [3.63, 3.8) is 0 Å². The molecule has 0 saturated carbocycles. The number of amidine groups is 1. The predicted molar refractivity (Wildman–Crippen MR) is 80.7 cm³/mol. The van der Waals surface area contributed by atoms with Crippen LogP contribution in [0.15, 0.2) is 35.3 Å². The fraction of sp³-hybridized carbons (Fsp3) is 0.250. The quantitative estimate of drug-likeness (QED) is 0.770. The lowest BCUT2D eigenvalue weighted by atomic mass is 10.2. The Labute approximate surface area is 124 Å². The van der Waals surface area contributed by atoms with Gasteiger partial charge in [0.25, 0.3) is 0 Å². The van der Waals surface area contributed by atoms with Gasteiger partial charge < -0.3 is 10.4 Å². The van der Waals surface area contributed by atoms with Gasteiger partial charge in [0.1, 0.15) is 0 Å². The molecule has 0 bridgehead atoms. The first-order valence-electron chi connectivity index (χ1n) is 5.79. The summed E-state index contributed by atoms with van der Waals surface area (Å²) in [5, 5.41) is 14.3. The van der Waals surface area contributed by atoms with Crippen LogP contribution < -0.4 is 10.6 Å². The van der Waals surface area contributed by atoms with E-state index >= 15 is 0 Å². The first kappa shape index (κ1) is 14.7. The number of rotatable bonds is 5. The molecule has 0 saturated heterocycles. The highest BCUT2D eigenvalue weighted by Crippen LogP contribution is 2.18. The van der Waals surface area contributed by atoms with Crippen LogP contribution in [-0.2, 0) is 10.5 Å². The number of carboxylic acids is 1. The maximum Gasteiger partial charge on any atom is 0.323 e.